The van der Waals surface area contributed by atoms with Gasteiger partial charge in [-0.2, -0.15) is 0 Å². The molecule has 90 valence electrons. The average Bonchev–Trinajstić information content (AvgIpc) is 3.12. The SMILES string of the molecule is C#CCN(CC1CC1)c1ccc(CO)c(Cl)c1. The van der Waals surface area contributed by atoms with E-state index in [1.807, 2.05) is 18.2 Å². The van der Waals surface area contributed by atoms with Crippen LogP contribution in [0.3, 0.4) is 0 Å². The summed E-state index contributed by atoms with van der Waals surface area (Å²) < 4.78 is 0. The van der Waals surface area contributed by atoms with Crippen LogP contribution in [0.1, 0.15) is 18.4 Å². The van der Waals surface area contributed by atoms with E-state index in [1.165, 1.54) is 12.8 Å². The molecular formula is C14H16ClNO. The van der Waals surface area contributed by atoms with E-state index >= 15 is 0 Å². The maximum absolute atomic E-state index is 9.08. The van der Waals surface area contributed by atoms with E-state index in [0.717, 1.165) is 23.7 Å². The average molecular weight is 250 g/mol. The molecule has 1 aromatic rings. The van der Waals surface area contributed by atoms with E-state index in [4.69, 9.17) is 23.1 Å². The van der Waals surface area contributed by atoms with Gasteiger partial charge in [0.1, 0.15) is 0 Å². The molecule has 17 heavy (non-hydrogen) atoms. The largest absolute Gasteiger partial charge is 0.392 e. The highest BCUT2D eigenvalue weighted by Crippen LogP contribution is 2.32. The molecule has 1 saturated carbocycles. The third-order valence-electron chi connectivity index (χ3n) is 3.03. The normalized spacial score (nSPS) is 14.4. The molecular weight excluding hydrogens is 234 g/mol. The van der Waals surface area contributed by atoms with Crippen molar-refractivity contribution in [3.8, 4) is 12.3 Å². The molecule has 0 unspecified atom stereocenters. The van der Waals surface area contributed by atoms with Crippen LogP contribution in [0, 0.1) is 18.3 Å². The summed E-state index contributed by atoms with van der Waals surface area (Å²) in [6, 6.07) is 5.71. The van der Waals surface area contributed by atoms with Crippen LogP contribution in [-0.4, -0.2) is 18.2 Å². The predicted molar refractivity (Wildman–Crippen MR) is 71.1 cm³/mol. The summed E-state index contributed by atoms with van der Waals surface area (Å²) in [6.07, 6.45) is 7.98. The minimum Gasteiger partial charge on any atom is -0.392 e. The number of hydrogen-bond acceptors (Lipinski definition) is 2. The lowest BCUT2D eigenvalue weighted by atomic mass is 10.2. The Balaban J connectivity index is 2.16. The quantitative estimate of drug-likeness (QED) is 0.811. The second kappa shape index (κ2) is 5.44. The van der Waals surface area contributed by atoms with Crippen LogP contribution >= 0.6 is 11.6 Å². The Morgan fingerprint density at radius 2 is 2.24 bits per heavy atom. The molecule has 0 saturated heterocycles. The summed E-state index contributed by atoms with van der Waals surface area (Å²) in [5, 5.41) is 9.68. The molecule has 0 amide bonds. The molecule has 0 heterocycles. The Hall–Kier alpha value is -1.17. The summed E-state index contributed by atoms with van der Waals surface area (Å²) in [5.41, 5.74) is 1.79. The number of benzene rings is 1. The van der Waals surface area contributed by atoms with Gasteiger partial charge in [0, 0.05) is 17.3 Å². The van der Waals surface area contributed by atoms with Gasteiger partial charge in [-0.1, -0.05) is 23.6 Å². The molecule has 3 heteroatoms. The lowest BCUT2D eigenvalue weighted by Crippen LogP contribution is -2.26. The van der Waals surface area contributed by atoms with Gasteiger partial charge in [-0.05, 0) is 36.5 Å². The maximum Gasteiger partial charge on any atom is 0.0791 e. The van der Waals surface area contributed by atoms with E-state index < -0.39 is 0 Å². The molecule has 1 aliphatic carbocycles. The number of aliphatic hydroxyl groups excluding tert-OH is 1. The minimum absolute atomic E-state index is 0.0309. The molecule has 0 radical (unpaired) electrons. The summed E-state index contributed by atoms with van der Waals surface area (Å²) >= 11 is 6.09. The molecule has 2 rings (SSSR count). The van der Waals surface area contributed by atoms with Crippen LogP contribution in [0.15, 0.2) is 18.2 Å². The van der Waals surface area contributed by atoms with E-state index in [0.29, 0.717) is 11.6 Å². The minimum atomic E-state index is -0.0309. The number of halogens is 1. The molecule has 1 aliphatic rings. The van der Waals surface area contributed by atoms with Crippen molar-refractivity contribution in [2.24, 2.45) is 5.92 Å². The summed E-state index contributed by atoms with van der Waals surface area (Å²) in [4.78, 5) is 2.17. The summed E-state index contributed by atoms with van der Waals surface area (Å²) in [5.74, 6) is 3.46. The number of hydrogen-bond donors (Lipinski definition) is 1. The summed E-state index contributed by atoms with van der Waals surface area (Å²) in [6.45, 7) is 1.57. The van der Waals surface area contributed by atoms with Crippen LogP contribution in [0.25, 0.3) is 0 Å². The molecule has 0 aliphatic heterocycles. The number of nitrogens with zero attached hydrogens (tertiary/aromatic N) is 1. The fraction of sp³-hybridized carbons (Fsp3) is 0.429. The van der Waals surface area contributed by atoms with Crippen molar-refractivity contribution in [3.63, 3.8) is 0 Å². The first-order chi connectivity index (χ1) is 8.24. The van der Waals surface area contributed by atoms with E-state index in [1.54, 1.807) is 0 Å². The molecule has 0 spiro atoms. The van der Waals surface area contributed by atoms with Gasteiger partial charge in [0.15, 0.2) is 0 Å². The molecule has 0 aromatic heterocycles. The standard InChI is InChI=1S/C14H16ClNO/c1-2-7-16(9-11-3-4-11)13-6-5-12(10-17)14(15)8-13/h1,5-6,8,11,17H,3-4,7,9-10H2. The van der Waals surface area contributed by atoms with Gasteiger partial charge in [-0.25, -0.2) is 0 Å². The number of aliphatic hydroxyl groups is 1. The van der Waals surface area contributed by atoms with Gasteiger partial charge in [0.05, 0.1) is 13.2 Å². The van der Waals surface area contributed by atoms with Crippen molar-refractivity contribution in [1.82, 2.24) is 0 Å². The Labute approximate surface area is 107 Å². The Morgan fingerprint density at radius 3 is 2.76 bits per heavy atom. The van der Waals surface area contributed by atoms with Crippen LogP contribution in [-0.2, 0) is 6.61 Å². The number of anilines is 1. The van der Waals surface area contributed by atoms with Gasteiger partial charge in [-0.3, -0.25) is 0 Å². The van der Waals surface area contributed by atoms with Crippen LogP contribution in [0.2, 0.25) is 5.02 Å². The highest BCUT2D eigenvalue weighted by Gasteiger charge is 2.24. The zero-order chi connectivity index (χ0) is 12.3. The van der Waals surface area contributed by atoms with Crippen molar-refractivity contribution in [2.45, 2.75) is 19.4 Å². The lowest BCUT2D eigenvalue weighted by Gasteiger charge is -2.23. The summed E-state index contributed by atoms with van der Waals surface area (Å²) in [7, 11) is 0. The van der Waals surface area contributed by atoms with Gasteiger partial charge < -0.3 is 10.0 Å². The highest BCUT2D eigenvalue weighted by molar-refractivity contribution is 6.31. The highest BCUT2D eigenvalue weighted by atomic mass is 35.5. The van der Waals surface area contributed by atoms with Gasteiger partial charge in [0.2, 0.25) is 0 Å². The Bertz CT molecular complexity index is 434. The zero-order valence-electron chi connectivity index (χ0n) is 9.69. The van der Waals surface area contributed by atoms with E-state index in [2.05, 4.69) is 10.8 Å². The molecule has 1 N–H and O–H groups in total. The van der Waals surface area contributed by atoms with E-state index in [-0.39, 0.29) is 6.61 Å². The topological polar surface area (TPSA) is 23.5 Å². The third kappa shape index (κ3) is 3.15. The number of rotatable bonds is 5. The number of terminal acetylenes is 1. The van der Waals surface area contributed by atoms with Crippen molar-refractivity contribution >= 4 is 17.3 Å². The third-order valence-corrected chi connectivity index (χ3v) is 3.38. The van der Waals surface area contributed by atoms with Crippen molar-refractivity contribution in [2.75, 3.05) is 18.0 Å². The van der Waals surface area contributed by atoms with Crippen molar-refractivity contribution < 1.29 is 5.11 Å². The fourth-order valence-corrected chi connectivity index (χ4v) is 2.08. The molecule has 0 bridgehead atoms. The molecule has 1 aromatic carbocycles. The maximum atomic E-state index is 9.08. The second-order valence-corrected chi connectivity index (χ2v) is 4.87. The Morgan fingerprint density at radius 1 is 1.47 bits per heavy atom. The van der Waals surface area contributed by atoms with E-state index in [9.17, 15) is 0 Å². The van der Waals surface area contributed by atoms with Crippen LogP contribution < -0.4 is 4.90 Å². The zero-order valence-corrected chi connectivity index (χ0v) is 10.5. The second-order valence-electron chi connectivity index (χ2n) is 4.46. The van der Waals surface area contributed by atoms with Gasteiger partial charge in [0.25, 0.3) is 0 Å². The fourth-order valence-electron chi connectivity index (χ4n) is 1.84. The predicted octanol–water partition coefficient (Wildman–Crippen LogP) is 2.68. The first kappa shape index (κ1) is 12.3. The van der Waals surface area contributed by atoms with Gasteiger partial charge in [-0.15, -0.1) is 6.42 Å². The first-order valence-electron chi connectivity index (χ1n) is 5.82. The first-order valence-corrected chi connectivity index (χ1v) is 6.20. The monoisotopic (exact) mass is 249 g/mol. The van der Waals surface area contributed by atoms with Crippen molar-refractivity contribution in [3.05, 3.63) is 28.8 Å². The smallest absolute Gasteiger partial charge is 0.0791 e. The molecule has 2 nitrogen and oxygen atoms in total. The Kier molecular flexibility index (Phi) is 3.93. The van der Waals surface area contributed by atoms with Crippen molar-refractivity contribution in [1.29, 1.82) is 0 Å². The molecule has 1 fully saturated rings. The van der Waals surface area contributed by atoms with Crippen LogP contribution in [0.4, 0.5) is 5.69 Å². The molecule has 0 atom stereocenters. The van der Waals surface area contributed by atoms with Gasteiger partial charge >= 0.3 is 0 Å². The lowest BCUT2D eigenvalue weighted by molar-refractivity contribution is 0.282. The van der Waals surface area contributed by atoms with Crippen LogP contribution in [0.5, 0.6) is 0 Å².